The first-order valence-corrected chi connectivity index (χ1v) is 16.9. The molecule has 0 unspecified atom stereocenters. The van der Waals surface area contributed by atoms with E-state index in [9.17, 15) is 9.59 Å². The second-order valence-corrected chi connectivity index (χ2v) is 11.7. The molecule has 0 aliphatic carbocycles. The Labute approximate surface area is 262 Å². The van der Waals surface area contributed by atoms with E-state index in [1.165, 1.54) is 70.6 Å². The van der Waals surface area contributed by atoms with Gasteiger partial charge in [-0.25, -0.2) is 4.79 Å². The Balaban J connectivity index is 3.20. The lowest BCUT2D eigenvalue weighted by molar-refractivity contribution is -0.145. The first kappa shape index (κ1) is 41.5. The quantitative estimate of drug-likeness (QED) is 0.0656. The summed E-state index contributed by atoms with van der Waals surface area (Å²) in [5.41, 5.74) is -0.508. The van der Waals surface area contributed by atoms with Gasteiger partial charge in [-0.2, -0.15) is 0 Å². The van der Waals surface area contributed by atoms with E-state index < -0.39 is 11.7 Å². The molecule has 10 nitrogen and oxygen atoms in total. The van der Waals surface area contributed by atoms with Crippen molar-refractivity contribution in [2.45, 2.75) is 123 Å². The van der Waals surface area contributed by atoms with Gasteiger partial charge in [0.1, 0.15) is 12.2 Å². The number of rotatable bonds is 32. The van der Waals surface area contributed by atoms with Crippen LogP contribution in [0.4, 0.5) is 4.79 Å². The molecule has 0 aromatic rings. The maximum Gasteiger partial charge on any atom is 0.407 e. The molecule has 0 aliphatic rings. The summed E-state index contributed by atoms with van der Waals surface area (Å²) < 4.78 is 37.5. The maximum atomic E-state index is 11.8. The minimum atomic E-state index is -0.508. The molecular weight excluding hydrogens is 554 g/mol. The van der Waals surface area contributed by atoms with Crippen LogP contribution in [-0.4, -0.2) is 96.9 Å². The fraction of sp³-hybridized carbons (Fsp3) is 0.939. The Morgan fingerprint density at radius 3 is 1.30 bits per heavy atom. The topological polar surface area (TPSA) is 111 Å². The number of amides is 1. The van der Waals surface area contributed by atoms with Crippen LogP contribution in [0.15, 0.2) is 0 Å². The van der Waals surface area contributed by atoms with Gasteiger partial charge in [-0.05, 0) is 27.2 Å². The van der Waals surface area contributed by atoms with Crippen LogP contribution in [0.1, 0.15) is 118 Å². The molecule has 0 bridgehead atoms. The minimum absolute atomic E-state index is 0.135. The molecule has 0 aliphatic heterocycles. The molecule has 0 saturated carbocycles. The summed E-state index contributed by atoms with van der Waals surface area (Å²) in [7, 11) is 0. The fourth-order valence-corrected chi connectivity index (χ4v) is 4.09. The van der Waals surface area contributed by atoms with Crippen LogP contribution in [-0.2, 0) is 38.0 Å². The number of alkyl carbamates (subject to hydrolysis) is 1. The third-order valence-electron chi connectivity index (χ3n) is 6.38. The normalized spacial score (nSPS) is 11.5. The molecule has 0 radical (unpaired) electrons. The van der Waals surface area contributed by atoms with Crippen LogP contribution in [0.3, 0.4) is 0 Å². The summed E-state index contributed by atoms with van der Waals surface area (Å²) >= 11 is 0. The Kier molecular flexibility index (Phi) is 30.9. The van der Waals surface area contributed by atoms with Gasteiger partial charge in [0.05, 0.1) is 66.1 Å². The molecule has 0 aromatic heterocycles. The zero-order valence-corrected chi connectivity index (χ0v) is 28.1. The number of nitrogens with one attached hydrogen (secondary N) is 1. The van der Waals surface area contributed by atoms with E-state index in [1.807, 2.05) is 20.8 Å². The van der Waals surface area contributed by atoms with Gasteiger partial charge in [-0.1, -0.05) is 84.0 Å². The number of unbranched alkanes of at least 4 members (excludes halogenated alkanes) is 12. The van der Waals surface area contributed by atoms with Crippen molar-refractivity contribution in [3.63, 3.8) is 0 Å². The van der Waals surface area contributed by atoms with Crippen LogP contribution < -0.4 is 5.32 Å². The number of esters is 1. The predicted molar refractivity (Wildman–Crippen MR) is 170 cm³/mol. The van der Waals surface area contributed by atoms with Gasteiger partial charge in [-0.3, -0.25) is 4.79 Å². The Morgan fingerprint density at radius 1 is 0.512 bits per heavy atom. The summed E-state index contributed by atoms with van der Waals surface area (Å²) in [6, 6.07) is 0. The second kappa shape index (κ2) is 31.9. The summed E-state index contributed by atoms with van der Waals surface area (Å²) in [5.74, 6) is -0.135. The largest absolute Gasteiger partial charge is 0.463 e. The molecule has 0 saturated heterocycles. The molecule has 43 heavy (non-hydrogen) atoms. The van der Waals surface area contributed by atoms with Crippen LogP contribution in [0.2, 0.25) is 0 Å². The number of hydrogen-bond donors (Lipinski definition) is 1. The summed E-state index contributed by atoms with van der Waals surface area (Å²) in [4.78, 5) is 23.3. The van der Waals surface area contributed by atoms with Gasteiger partial charge in [0.2, 0.25) is 0 Å². The van der Waals surface area contributed by atoms with Crippen molar-refractivity contribution in [2.24, 2.45) is 0 Å². The number of ether oxygens (including phenoxy) is 7. The van der Waals surface area contributed by atoms with E-state index in [0.29, 0.717) is 79.0 Å². The predicted octanol–water partition coefficient (Wildman–Crippen LogP) is 6.62. The highest BCUT2D eigenvalue weighted by atomic mass is 16.6. The van der Waals surface area contributed by atoms with Crippen molar-refractivity contribution >= 4 is 12.1 Å². The van der Waals surface area contributed by atoms with E-state index >= 15 is 0 Å². The number of hydrogen-bond acceptors (Lipinski definition) is 9. The van der Waals surface area contributed by atoms with Crippen molar-refractivity contribution < 1.29 is 42.7 Å². The minimum Gasteiger partial charge on any atom is -0.463 e. The Bertz CT molecular complexity index is 614. The lowest BCUT2D eigenvalue weighted by atomic mass is 10.0. The molecule has 0 atom stereocenters. The third-order valence-corrected chi connectivity index (χ3v) is 6.38. The maximum absolute atomic E-state index is 11.8. The zero-order chi connectivity index (χ0) is 31.7. The molecule has 0 aromatic carbocycles. The van der Waals surface area contributed by atoms with Crippen molar-refractivity contribution in [2.75, 3.05) is 79.2 Å². The lowest BCUT2D eigenvalue weighted by Gasteiger charge is -2.19. The van der Waals surface area contributed by atoms with Gasteiger partial charge in [-0.15, -0.1) is 0 Å². The molecule has 10 heteroatoms. The van der Waals surface area contributed by atoms with Crippen LogP contribution in [0, 0.1) is 0 Å². The van der Waals surface area contributed by atoms with Crippen LogP contribution in [0.25, 0.3) is 0 Å². The number of carbonyl (C=O) groups is 2. The molecule has 0 heterocycles. The third kappa shape index (κ3) is 36.6. The monoisotopic (exact) mass is 619 g/mol. The van der Waals surface area contributed by atoms with Crippen molar-refractivity contribution in [3.05, 3.63) is 0 Å². The van der Waals surface area contributed by atoms with E-state index in [-0.39, 0.29) is 12.6 Å². The van der Waals surface area contributed by atoms with E-state index in [2.05, 4.69) is 12.2 Å². The molecular formula is C33H65NO9. The van der Waals surface area contributed by atoms with Crippen molar-refractivity contribution in [1.29, 1.82) is 0 Å². The van der Waals surface area contributed by atoms with Crippen molar-refractivity contribution in [3.8, 4) is 0 Å². The highest BCUT2D eigenvalue weighted by molar-refractivity contribution is 5.69. The average molecular weight is 620 g/mol. The first-order valence-electron chi connectivity index (χ1n) is 16.9. The van der Waals surface area contributed by atoms with E-state index in [0.717, 1.165) is 12.8 Å². The Morgan fingerprint density at radius 2 is 0.884 bits per heavy atom. The van der Waals surface area contributed by atoms with Gasteiger partial charge in [0.25, 0.3) is 0 Å². The molecule has 0 fully saturated rings. The summed E-state index contributed by atoms with van der Waals surface area (Å²) in [5, 5.41) is 2.63. The molecule has 256 valence electrons. The Hall–Kier alpha value is -1.46. The van der Waals surface area contributed by atoms with Crippen LogP contribution in [0.5, 0.6) is 0 Å². The summed E-state index contributed by atoms with van der Waals surface area (Å²) in [6.07, 6.45) is 16.9. The van der Waals surface area contributed by atoms with Gasteiger partial charge in [0, 0.05) is 13.0 Å². The molecule has 0 rings (SSSR count). The molecule has 1 amide bonds. The SMILES string of the molecule is CCCCCCCCCCCCCCCC(=O)OCCOCCOCCOCCOCCOCCNC(=O)OC(C)(C)C. The van der Waals surface area contributed by atoms with E-state index in [1.54, 1.807) is 0 Å². The number of carbonyl (C=O) groups excluding carboxylic acids is 2. The molecule has 1 N–H and O–H groups in total. The van der Waals surface area contributed by atoms with Crippen LogP contribution >= 0.6 is 0 Å². The summed E-state index contributed by atoms with van der Waals surface area (Å²) in [6.45, 7) is 12.9. The standard InChI is InChI=1S/C33H65NO9/c1-5-6-7-8-9-10-11-12-13-14-15-16-17-18-31(35)42-30-29-41-28-27-40-26-25-39-24-23-38-22-21-37-20-19-34-32(36)43-33(2,3)4/h5-30H2,1-4H3,(H,34,36). The van der Waals surface area contributed by atoms with Gasteiger partial charge >= 0.3 is 12.1 Å². The van der Waals surface area contributed by atoms with Gasteiger partial charge < -0.3 is 38.5 Å². The first-order chi connectivity index (χ1) is 20.8. The fourth-order valence-electron chi connectivity index (χ4n) is 4.09. The average Bonchev–Trinajstić information content (AvgIpc) is 2.95. The lowest BCUT2D eigenvalue weighted by Crippen LogP contribution is -2.34. The van der Waals surface area contributed by atoms with Crippen molar-refractivity contribution in [1.82, 2.24) is 5.32 Å². The highest BCUT2D eigenvalue weighted by Gasteiger charge is 2.15. The smallest absolute Gasteiger partial charge is 0.407 e. The van der Waals surface area contributed by atoms with Gasteiger partial charge in [0.15, 0.2) is 0 Å². The highest BCUT2D eigenvalue weighted by Crippen LogP contribution is 2.13. The van der Waals surface area contributed by atoms with E-state index in [4.69, 9.17) is 33.2 Å². The zero-order valence-electron chi connectivity index (χ0n) is 28.1. The molecule has 0 spiro atoms. The second-order valence-electron chi connectivity index (χ2n) is 11.7.